The Balaban J connectivity index is 1.68. The maximum Gasteiger partial charge on any atom is 0.262 e. The number of para-hydroxylation sites is 3. The zero-order valence-corrected chi connectivity index (χ0v) is 15.4. The number of primary amides is 1. The number of carbonyl (C=O) groups is 1. The fourth-order valence-corrected chi connectivity index (χ4v) is 3.81. The molecule has 0 spiro atoms. The predicted octanol–water partition coefficient (Wildman–Crippen LogP) is 3.77. The number of nitrogens with two attached hydrogens (primary N) is 1. The second-order valence-electron chi connectivity index (χ2n) is 5.85. The van der Waals surface area contributed by atoms with Crippen LogP contribution in [0.4, 0.5) is 0 Å². The quantitative estimate of drug-likeness (QED) is 0.553. The van der Waals surface area contributed by atoms with Gasteiger partial charge in [-0.15, -0.1) is 11.3 Å². The molecule has 1 amide bonds. The molecule has 4 aromatic rings. The molecule has 0 atom stereocenters. The summed E-state index contributed by atoms with van der Waals surface area (Å²) in [5.74, 6) is 0.658. The highest BCUT2D eigenvalue weighted by Gasteiger charge is 2.18. The molecular formula is C20H17N3O3S. The molecule has 0 saturated carbocycles. The van der Waals surface area contributed by atoms with E-state index in [1.807, 2.05) is 59.2 Å². The van der Waals surface area contributed by atoms with Crippen LogP contribution in [-0.2, 0) is 6.61 Å². The maximum atomic E-state index is 11.9. The van der Waals surface area contributed by atoms with Gasteiger partial charge in [0.05, 0.1) is 18.1 Å². The number of imidazole rings is 1. The first kappa shape index (κ1) is 17.1. The van der Waals surface area contributed by atoms with Crippen molar-refractivity contribution in [2.24, 2.45) is 5.73 Å². The molecule has 27 heavy (non-hydrogen) atoms. The van der Waals surface area contributed by atoms with E-state index in [-0.39, 0.29) is 6.61 Å². The molecule has 0 bridgehead atoms. The summed E-state index contributed by atoms with van der Waals surface area (Å²) in [5.41, 5.74) is 8.27. The molecule has 0 radical (unpaired) electrons. The number of benzene rings is 2. The van der Waals surface area contributed by atoms with Crippen LogP contribution in [0, 0.1) is 0 Å². The number of hydrogen-bond acceptors (Lipinski definition) is 5. The number of fused-ring (bicyclic) bond motifs is 1. The van der Waals surface area contributed by atoms with Crippen molar-refractivity contribution in [2.75, 3.05) is 7.11 Å². The van der Waals surface area contributed by atoms with Crippen molar-refractivity contribution in [2.45, 2.75) is 6.61 Å². The Morgan fingerprint density at radius 1 is 1.15 bits per heavy atom. The molecule has 0 aliphatic rings. The highest BCUT2D eigenvalue weighted by Crippen LogP contribution is 2.34. The van der Waals surface area contributed by atoms with Gasteiger partial charge in [-0.1, -0.05) is 30.3 Å². The molecule has 0 aliphatic carbocycles. The van der Waals surface area contributed by atoms with E-state index in [1.165, 1.54) is 11.3 Å². The van der Waals surface area contributed by atoms with Crippen LogP contribution in [0.1, 0.15) is 15.2 Å². The lowest BCUT2D eigenvalue weighted by Gasteiger charge is -2.09. The second kappa shape index (κ2) is 7.13. The van der Waals surface area contributed by atoms with E-state index in [4.69, 9.17) is 15.2 Å². The summed E-state index contributed by atoms with van der Waals surface area (Å²) in [4.78, 5) is 16.7. The van der Waals surface area contributed by atoms with Crippen LogP contribution in [0.5, 0.6) is 11.5 Å². The maximum absolute atomic E-state index is 11.9. The molecule has 6 nitrogen and oxygen atoms in total. The summed E-state index contributed by atoms with van der Waals surface area (Å²) in [6, 6.07) is 17.2. The number of carbonyl (C=O) groups excluding carboxylic acids is 1. The topological polar surface area (TPSA) is 79.4 Å². The summed E-state index contributed by atoms with van der Waals surface area (Å²) in [7, 11) is 1.61. The molecule has 0 aliphatic heterocycles. The molecule has 2 heterocycles. The lowest BCUT2D eigenvalue weighted by atomic mass is 10.2. The van der Waals surface area contributed by atoms with E-state index in [2.05, 4.69) is 4.98 Å². The Hall–Kier alpha value is -3.32. The van der Waals surface area contributed by atoms with Gasteiger partial charge in [0, 0.05) is 11.6 Å². The van der Waals surface area contributed by atoms with Crippen molar-refractivity contribution < 1.29 is 14.3 Å². The number of nitrogens with zero attached hydrogens (tertiary/aromatic N) is 2. The molecule has 0 fully saturated rings. The average Bonchev–Trinajstić information content (AvgIpc) is 3.30. The number of rotatable bonds is 6. The van der Waals surface area contributed by atoms with Gasteiger partial charge in [0.1, 0.15) is 34.3 Å². The SMILES string of the molecule is COc1ccccc1COc1cc(-n2cnc3ccccc32)sc1C(N)=O. The minimum Gasteiger partial charge on any atom is -0.496 e. The van der Waals surface area contributed by atoms with Crippen molar-refractivity contribution in [1.82, 2.24) is 9.55 Å². The first-order valence-electron chi connectivity index (χ1n) is 8.28. The number of methoxy groups -OCH3 is 1. The van der Waals surface area contributed by atoms with Crippen LogP contribution < -0.4 is 15.2 Å². The van der Waals surface area contributed by atoms with Gasteiger partial charge < -0.3 is 15.2 Å². The molecule has 2 N–H and O–H groups in total. The fraction of sp³-hybridized carbons (Fsp3) is 0.100. The lowest BCUT2D eigenvalue weighted by molar-refractivity contribution is 0.1000. The molecule has 2 aromatic carbocycles. The van der Waals surface area contributed by atoms with Crippen LogP contribution in [0.25, 0.3) is 16.0 Å². The van der Waals surface area contributed by atoms with Gasteiger partial charge in [-0.2, -0.15) is 0 Å². The van der Waals surface area contributed by atoms with Crippen molar-refractivity contribution in [1.29, 1.82) is 0 Å². The summed E-state index contributed by atoms with van der Waals surface area (Å²) >= 11 is 1.28. The van der Waals surface area contributed by atoms with Crippen LogP contribution in [0.2, 0.25) is 0 Å². The standard InChI is InChI=1S/C20H17N3O3S/c1-25-16-9-5-2-6-13(16)11-26-17-10-18(27-19(17)20(21)24)23-12-22-14-7-3-4-8-15(14)23/h2-10,12H,11H2,1H3,(H2,21,24). The largest absolute Gasteiger partial charge is 0.496 e. The highest BCUT2D eigenvalue weighted by molar-refractivity contribution is 7.16. The third-order valence-electron chi connectivity index (χ3n) is 4.18. The first-order valence-corrected chi connectivity index (χ1v) is 9.10. The Kier molecular flexibility index (Phi) is 4.52. The number of aromatic nitrogens is 2. The number of amides is 1. The van der Waals surface area contributed by atoms with Crippen LogP contribution in [-0.4, -0.2) is 22.6 Å². The molecule has 0 saturated heterocycles. The Labute approximate surface area is 159 Å². The van der Waals surface area contributed by atoms with E-state index in [0.717, 1.165) is 27.3 Å². The van der Waals surface area contributed by atoms with E-state index >= 15 is 0 Å². The van der Waals surface area contributed by atoms with Crippen LogP contribution in [0.3, 0.4) is 0 Å². The highest BCUT2D eigenvalue weighted by atomic mass is 32.1. The molecular weight excluding hydrogens is 362 g/mol. The van der Waals surface area contributed by atoms with Crippen LogP contribution >= 0.6 is 11.3 Å². The Morgan fingerprint density at radius 2 is 1.93 bits per heavy atom. The molecule has 7 heteroatoms. The Morgan fingerprint density at radius 3 is 2.74 bits per heavy atom. The van der Waals surface area contributed by atoms with Crippen molar-refractivity contribution in [3.8, 4) is 16.5 Å². The van der Waals surface area contributed by atoms with Gasteiger partial charge in [0.25, 0.3) is 5.91 Å². The lowest BCUT2D eigenvalue weighted by Crippen LogP contribution is -2.10. The molecule has 136 valence electrons. The number of hydrogen-bond donors (Lipinski definition) is 1. The minimum atomic E-state index is -0.523. The Bertz CT molecular complexity index is 1120. The van der Waals surface area contributed by atoms with Gasteiger partial charge in [-0.25, -0.2) is 4.98 Å². The van der Waals surface area contributed by atoms with Crippen LogP contribution in [0.15, 0.2) is 60.9 Å². The molecule has 0 unspecified atom stereocenters. The van der Waals surface area contributed by atoms with Gasteiger partial charge in [0.2, 0.25) is 0 Å². The van der Waals surface area contributed by atoms with Crippen molar-refractivity contribution >= 4 is 28.3 Å². The average molecular weight is 379 g/mol. The van der Waals surface area contributed by atoms with Gasteiger partial charge in [-0.05, 0) is 18.2 Å². The summed E-state index contributed by atoms with van der Waals surface area (Å²) < 4.78 is 13.2. The summed E-state index contributed by atoms with van der Waals surface area (Å²) in [5, 5.41) is 0.813. The monoisotopic (exact) mass is 379 g/mol. The van der Waals surface area contributed by atoms with Crippen molar-refractivity contribution in [3.63, 3.8) is 0 Å². The third-order valence-corrected chi connectivity index (χ3v) is 5.31. The summed E-state index contributed by atoms with van der Waals surface area (Å²) in [6.45, 7) is 0.269. The van der Waals surface area contributed by atoms with E-state index < -0.39 is 5.91 Å². The first-order chi connectivity index (χ1) is 13.2. The van der Waals surface area contributed by atoms with Crippen molar-refractivity contribution in [3.05, 3.63) is 71.4 Å². The van der Waals surface area contributed by atoms with Gasteiger partial charge in [-0.3, -0.25) is 9.36 Å². The van der Waals surface area contributed by atoms with E-state index in [1.54, 1.807) is 13.4 Å². The zero-order chi connectivity index (χ0) is 18.8. The van der Waals surface area contributed by atoms with Gasteiger partial charge >= 0.3 is 0 Å². The number of ether oxygens (including phenoxy) is 2. The van der Waals surface area contributed by atoms with Gasteiger partial charge in [0.15, 0.2) is 0 Å². The third kappa shape index (κ3) is 3.24. The predicted molar refractivity (Wildman–Crippen MR) is 105 cm³/mol. The minimum absolute atomic E-state index is 0.269. The normalized spacial score (nSPS) is 10.9. The smallest absolute Gasteiger partial charge is 0.262 e. The van der Waals surface area contributed by atoms with E-state index in [9.17, 15) is 4.79 Å². The zero-order valence-electron chi connectivity index (χ0n) is 14.6. The van der Waals surface area contributed by atoms with E-state index in [0.29, 0.717) is 10.6 Å². The number of thiophene rings is 1. The summed E-state index contributed by atoms with van der Waals surface area (Å²) in [6.07, 6.45) is 1.73. The second-order valence-corrected chi connectivity index (χ2v) is 6.88. The fourth-order valence-electron chi connectivity index (χ4n) is 2.87. The molecule has 2 aromatic heterocycles. The molecule has 4 rings (SSSR count).